The van der Waals surface area contributed by atoms with Gasteiger partial charge in [0.15, 0.2) is 4.34 Å². The molecule has 0 amide bonds. The molecule has 2 aliphatic carbocycles. The summed E-state index contributed by atoms with van der Waals surface area (Å²) in [7, 11) is 0. The summed E-state index contributed by atoms with van der Waals surface area (Å²) in [6, 6.07) is 0. The van der Waals surface area contributed by atoms with E-state index in [1.165, 1.54) is 35.1 Å². The monoisotopic (exact) mass is 314 g/mol. The molecule has 0 bridgehead atoms. The lowest BCUT2D eigenvalue weighted by Crippen LogP contribution is -2.03. The Kier molecular flexibility index (Phi) is 4.24. The van der Waals surface area contributed by atoms with Gasteiger partial charge in [0.25, 0.3) is 0 Å². The van der Waals surface area contributed by atoms with Gasteiger partial charge in [-0.05, 0) is 37.2 Å². The average molecular weight is 314 g/mol. The van der Waals surface area contributed by atoms with Crippen LogP contribution in [0.1, 0.15) is 25.7 Å². The first-order chi connectivity index (χ1) is 9.22. The number of carbonyl (C=O) groups excluding carboxylic acids is 2. The molecule has 2 saturated carbocycles. The molecule has 0 saturated heterocycles. The molecule has 102 valence electrons. The molecule has 0 spiro atoms. The Labute approximate surface area is 124 Å². The third kappa shape index (κ3) is 4.03. The first-order valence-electron chi connectivity index (χ1n) is 6.37. The summed E-state index contributed by atoms with van der Waals surface area (Å²) >= 11 is 4.20. The van der Waals surface area contributed by atoms with Crippen molar-refractivity contribution in [1.29, 1.82) is 0 Å². The quantitative estimate of drug-likeness (QED) is 0.688. The number of carbonyl (C=O) groups is 2. The number of nitrogens with zero attached hydrogens (tertiary/aromatic N) is 2. The van der Waals surface area contributed by atoms with Gasteiger partial charge in [0, 0.05) is 11.8 Å². The van der Waals surface area contributed by atoms with E-state index in [1.54, 1.807) is 0 Å². The number of rotatable bonds is 8. The Morgan fingerprint density at radius 3 is 2.21 bits per heavy atom. The Morgan fingerprint density at radius 2 is 1.63 bits per heavy atom. The Morgan fingerprint density at radius 1 is 1.05 bits per heavy atom. The van der Waals surface area contributed by atoms with Gasteiger partial charge < -0.3 is 0 Å². The fraction of sp³-hybridized carbons (Fsp3) is 0.667. The molecule has 0 aliphatic heterocycles. The highest BCUT2D eigenvalue weighted by atomic mass is 32.2. The molecule has 1 heterocycles. The van der Waals surface area contributed by atoms with Crippen LogP contribution in [0.4, 0.5) is 0 Å². The lowest BCUT2D eigenvalue weighted by atomic mass is 10.3. The van der Waals surface area contributed by atoms with Crippen LogP contribution in [0.5, 0.6) is 0 Å². The van der Waals surface area contributed by atoms with Crippen LogP contribution in [0, 0.1) is 11.8 Å². The van der Waals surface area contributed by atoms with Crippen LogP contribution < -0.4 is 0 Å². The van der Waals surface area contributed by atoms with E-state index >= 15 is 0 Å². The van der Waals surface area contributed by atoms with Crippen LogP contribution in [-0.2, 0) is 9.59 Å². The zero-order chi connectivity index (χ0) is 13.2. The minimum atomic E-state index is 0.302. The van der Waals surface area contributed by atoms with Gasteiger partial charge in [0.05, 0.1) is 11.5 Å². The maximum atomic E-state index is 11.6. The van der Waals surface area contributed by atoms with Crippen molar-refractivity contribution >= 4 is 46.6 Å². The summed E-state index contributed by atoms with van der Waals surface area (Å²) in [5, 5.41) is 0.667. The van der Waals surface area contributed by atoms with Crippen molar-refractivity contribution in [2.24, 2.45) is 11.8 Å². The number of thioether (sulfide) groups is 2. The van der Waals surface area contributed by atoms with Crippen molar-refractivity contribution < 1.29 is 9.59 Å². The molecule has 1 aromatic heterocycles. The molecular weight excluding hydrogens is 300 g/mol. The number of hydrogen-bond acceptors (Lipinski definition) is 7. The van der Waals surface area contributed by atoms with Gasteiger partial charge in [-0.3, -0.25) is 9.59 Å². The normalized spacial score (nSPS) is 18.5. The van der Waals surface area contributed by atoms with Gasteiger partial charge in [-0.25, -0.2) is 4.98 Å². The predicted molar refractivity (Wildman–Crippen MR) is 76.8 cm³/mol. The number of aromatic nitrogens is 2. The SMILES string of the molecule is O=C(CSc1nsc(SCC(=O)C2CC2)n1)C1CC1. The summed E-state index contributed by atoms with van der Waals surface area (Å²) in [6.07, 6.45) is 4.21. The van der Waals surface area contributed by atoms with Crippen molar-refractivity contribution in [3.05, 3.63) is 0 Å². The lowest BCUT2D eigenvalue weighted by Gasteiger charge is -1.95. The van der Waals surface area contributed by atoms with Crippen LogP contribution >= 0.6 is 35.1 Å². The fourth-order valence-corrected chi connectivity index (χ4v) is 4.21. The maximum absolute atomic E-state index is 11.6. The standard InChI is InChI=1S/C12H14N2O2S3/c15-9(7-1-2-7)5-17-11-13-12(19-14-11)18-6-10(16)8-3-4-8/h7-8H,1-6H2. The van der Waals surface area contributed by atoms with Gasteiger partial charge in [-0.1, -0.05) is 23.5 Å². The molecule has 3 rings (SSSR count). The number of Topliss-reactive ketones (excluding diaryl/α,β-unsaturated/α-hetero) is 2. The molecule has 1 aromatic rings. The Hall–Kier alpha value is -0.400. The van der Waals surface area contributed by atoms with Crippen molar-refractivity contribution in [3.8, 4) is 0 Å². The van der Waals surface area contributed by atoms with Gasteiger partial charge in [-0.2, -0.15) is 4.37 Å². The van der Waals surface area contributed by atoms with Crippen molar-refractivity contribution in [3.63, 3.8) is 0 Å². The average Bonchev–Trinajstić information content (AvgIpc) is 3.29. The molecule has 0 N–H and O–H groups in total. The molecule has 0 radical (unpaired) electrons. The van der Waals surface area contributed by atoms with E-state index in [-0.39, 0.29) is 0 Å². The largest absolute Gasteiger partial charge is 0.298 e. The first-order valence-corrected chi connectivity index (χ1v) is 9.11. The molecule has 4 nitrogen and oxygen atoms in total. The number of ketones is 2. The molecule has 19 heavy (non-hydrogen) atoms. The van der Waals surface area contributed by atoms with Crippen LogP contribution in [0.25, 0.3) is 0 Å². The highest BCUT2D eigenvalue weighted by molar-refractivity contribution is 8.02. The van der Waals surface area contributed by atoms with E-state index in [2.05, 4.69) is 9.36 Å². The van der Waals surface area contributed by atoms with Gasteiger partial charge in [0.1, 0.15) is 11.6 Å². The minimum absolute atomic E-state index is 0.302. The molecule has 2 fully saturated rings. The Balaban J connectivity index is 1.42. The molecule has 7 heteroatoms. The molecular formula is C12H14N2O2S3. The van der Waals surface area contributed by atoms with E-state index in [0.717, 1.165) is 30.0 Å². The zero-order valence-electron chi connectivity index (χ0n) is 10.3. The summed E-state index contributed by atoms with van der Waals surface area (Å²) < 4.78 is 5.04. The minimum Gasteiger partial charge on any atom is -0.298 e. The van der Waals surface area contributed by atoms with Crippen molar-refractivity contribution in [1.82, 2.24) is 9.36 Å². The fourth-order valence-electron chi connectivity index (χ4n) is 1.63. The topological polar surface area (TPSA) is 59.9 Å². The molecule has 0 unspecified atom stereocenters. The smallest absolute Gasteiger partial charge is 0.201 e. The van der Waals surface area contributed by atoms with E-state index < -0.39 is 0 Å². The van der Waals surface area contributed by atoms with Gasteiger partial charge in [-0.15, -0.1) is 0 Å². The van der Waals surface area contributed by atoms with Gasteiger partial charge >= 0.3 is 0 Å². The van der Waals surface area contributed by atoms with Crippen LogP contribution in [0.2, 0.25) is 0 Å². The first kappa shape index (κ1) is 13.6. The summed E-state index contributed by atoms with van der Waals surface area (Å²) in [5.74, 6) is 2.25. The van der Waals surface area contributed by atoms with Crippen molar-refractivity contribution in [2.75, 3.05) is 11.5 Å². The zero-order valence-corrected chi connectivity index (χ0v) is 12.8. The van der Waals surface area contributed by atoms with Crippen LogP contribution in [0.15, 0.2) is 9.50 Å². The highest BCUT2D eigenvalue weighted by Gasteiger charge is 2.30. The van der Waals surface area contributed by atoms with Crippen LogP contribution in [-0.4, -0.2) is 32.4 Å². The van der Waals surface area contributed by atoms with E-state index in [9.17, 15) is 9.59 Å². The summed E-state index contributed by atoms with van der Waals surface area (Å²) in [5.41, 5.74) is 0. The Bertz CT molecular complexity index is 452. The molecule has 2 aliphatic rings. The number of hydrogen-bond donors (Lipinski definition) is 0. The predicted octanol–water partition coefficient (Wildman–Crippen LogP) is 2.68. The summed E-state index contributed by atoms with van der Waals surface area (Å²) in [6.45, 7) is 0. The third-order valence-corrected chi connectivity index (χ3v) is 5.98. The lowest BCUT2D eigenvalue weighted by molar-refractivity contribution is -0.118. The summed E-state index contributed by atoms with van der Waals surface area (Å²) in [4.78, 5) is 27.5. The second-order valence-electron chi connectivity index (χ2n) is 4.90. The van der Waals surface area contributed by atoms with Crippen LogP contribution in [0.3, 0.4) is 0 Å². The van der Waals surface area contributed by atoms with Gasteiger partial charge in [0.2, 0.25) is 5.16 Å². The van der Waals surface area contributed by atoms with Crippen molar-refractivity contribution in [2.45, 2.75) is 35.2 Å². The molecule has 0 atom stereocenters. The maximum Gasteiger partial charge on any atom is 0.201 e. The van der Waals surface area contributed by atoms with E-state index in [0.29, 0.717) is 40.1 Å². The van der Waals surface area contributed by atoms with E-state index in [1.807, 2.05) is 0 Å². The second-order valence-corrected chi connectivity index (χ2v) is 7.82. The molecule has 0 aromatic carbocycles. The highest BCUT2D eigenvalue weighted by Crippen LogP contribution is 2.34. The second kappa shape index (κ2) is 5.93. The van der Waals surface area contributed by atoms with E-state index in [4.69, 9.17) is 0 Å². The third-order valence-electron chi connectivity index (χ3n) is 3.14.